The Labute approximate surface area is 148 Å². The summed E-state index contributed by atoms with van der Waals surface area (Å²) in [6.07, 6.45) is 8.31. The van der Waals surface area contributed by atoms with Crippen molar-refractivity contribution in [3.05, 3.63) is 42.6 Å². The molecule has 128 valence electrons. The van der Waals surface area contributed by atoms with Gasteiger partial charge < -0.3 is 11.1 Å². The molecular weight excluding hydrogens is 337 g/mol. The van der Waals surface area contributed by atoms with Gasteiger partial charge in [0, 0.05) is 30.7 Å². The van der Waals surface area contributed by atoms with Gasteiger partial charge in [-0.25, -0.2) is 9.97 Å². The number of nitrogens with two attached hydrogens (primary N) is 1. The van der Waals surface area contributed by atoms with Crippen LogP contribution < -0.4 is 11.1 Å². The number of halogens is 2. The largest absolute Gasteiger partial charge is 0.345 e. The fourth-order valence-corrected chi connectivity index (χ4v) is 2.17. The van der Waals surface area contributed by atoms with Crippen molar-refractivity contribution in [1.82, 2.24) is 19.9 Å². The van der Waals surface area contributed by atoms with Crippen LogP contribution in [0, 0.1) is 0 Å². The van der Waals surface area contributed by atoms with Gasteiger partial charge in [0.2, 0.25) is 0 Å². The van der Waals surface area contributed by atoms with Crippen molar-refractivity contribution in [3.8, 4) is 5.82 Å². The number of pyridine rings is 1. The molecule has 2 heterocycles. The number of imidazole rings is 1. The van der Waals surface area contributed by atoms with Crippen molar-refractivity contribution < 1.29 is 4.79 Å². The lowest BCUT2D eigenvalue weighted by atomic mass is 9.92. The van der Waals surface area contributed by atoms with Gasteiger partial charge in [0.15, 0.2) is 0 Å². The molecule has 0 bridgehead atoms. The fourth-order valence-electron chi connectivity index (χ4n) is 2.17. The highest BCUT2D eigenvalue weighted by molar-refractivity contribution is 5.95. The number of carbonyl (C=O) groups excluding carboxylic acids is 1. The summed E-state index contributed by atoms with van der Waals surface area (Å²) in [6, 6.07) is 3.44. The van der Waals surface area contributed by atoms with E-state index in [1.54, 1.807) is 41.6 Å². The highest BCUT2D eigenvalue weighted by Gasteiger charge is 2.26. The molecule has 0 aliphatic rings. The van der Waals surface area contributed by atoms with Gasteiger partial charge in [-0.15, -0.1) is 24.8 Å². The summed E-state index contributed by atoms with van der Waals surface area (Å²) in [6.45, 7) is 4.48. The number of carbonyl (C=O) groups is 1. The molecule has 2 rings (SSSR count). The Morgan fingerprint density at radius 1 is 1.30 bits per heavy atom. The Morgan fingerprint density at radius 3 is 2.52 bits per heavy atom. The number of hydrogen-bond donors (Lipinski definition) is 2. The van der Waals surface area contributed by atoms with Crippen molar-refractivity contribution in [2.75, 3.05) is 6.54 Å². The Kier molecular flexibility index (Phi) is 8.82. The summed E-state index contributed by atoms with van der Waals surface area (Å²) >= 11 is 0. The number of nitrogens with zero attached hydrogens (tertiary/aromatic N) is 3. The third kappa shape index (κ3) is 4.92. The number of nitrogens with one attached hydrogen (secondary N) is 1. The summed E-state index contributed by atoms with van der Waals surface area (Å²) < 4.78 is 1.76. The first-order valence-corrected chi connectivity index (χ1v) is 7.11. The first kappa shape index (κ1) is 21.4. The van der Waals surface area contributed by atoms with Gasteiger partial charge in [-0.3, -0.25) is 9.36 Å². The molecule has 2 aromatic heterocycles. The SMILES string of the molecule is CCC(CC)(CN)NC(=O)c1ccnc(-n2ccnc2)c1.Cl.Cl. The van der Waals surface area contributed by atoms with Crippen LogP contribution in [-0.2, 0) is 0 Å². The van der Waals surface area contributed by atoms with Crippen molar-refractivity contribution in [2.24, 2.45) is 5.73 Å². The molecule has 0 saturated carbocycles. The number of amides is 1. The van der Waals surface area contributed by atoms with E-state index in [1.165, 1.54) is 0 Å². The zero-order valence-electron chi connectivity index (χ0n) is 13.2. The Hall–Kier alpha value is -1.63. The quantitative estimate of drug-likeness (QED) is 0.828. The van der Waals surface area contributed by atoms with Gasteiger partial charge in [0.1, 0.15) is 12.1 Å². The molecular formula is C15H23Cl2N5O. The van der Waals surface area contributed by atoms with E-state index >= 15 is 0 Å². The maximum absolute atomic E-state index is 12.4. The van der Waals surface area contributed by atoms with Crippen LogP contribution in [0.25, 0.3) is 5.82 Å². The third-order valence-corrected chi connectivity index (χ3v) is 3.90. The molecule has 0 saturated heterocycles. The molecule has 0 aliphatic carbocycles. The second-order valence-electron chi connectivity index (χ2n) is 5.02. The lowest BCUT2D eigenvalue weighted by molar-refractivity contribution is 0.0895. The zero-order valence-corrected chi connectivity index (χ0v) is 14.9. The van der Waals surface area contributed by atoms with Gasteiger partial charge in [-0.05, 0) is 25.0 Å². The molecule has 0 fully saturated rings. The molecule has 0 aromatic carbocycles. The van der Waals surface area contributed by atoms with E-state index in [2.05, 4.69) is 15.3 Å². The Balaban J connectivity index is 0.00000242. The fraction of sp³-hybridized carbons (Fsp3) is 0.400. The highest BCUT2D eigenvalue weighted by atomic mass is 35.5. The van der Waals surface area contributed by atoms with Crippen LogP contribution in [0.5, 0.6) is 0 Å². The van der Waals surface area contributed by atoms with Gasteiger partial charge in [0.25, 0.3) is 5.91 Å². The van der Waals surface area contributed by atoms with E-state index in [0.717, 1.165) is 12.8 Å². The lowest BCUT2D eigenvalue weighted by Gasteiger charge is -2.31. The molecule has 0 atom stereocenters. The van der Waals surface area contributed by atoms with Crippen LogP contribution in [0.4, 0.5) is 0 Å². The third-order valence-electron chi connectivity index (χ3n) is 3.90. The predicted molar refractivity (Wildman–Crippen MR) is 95.7 cm³/mol. The molecule has 6 nitrogen and oxygen atoms in total. The molecule has 0 radical (unpaired) electrons. The molecule has 0 aliphatic heterocycles. The van der Waals surface area contributed by atoms with Crippen molar-refractivity contribution >= 4 is 30.7 Å². The van der Waals surface area contributed by atoms with E-state index in [-0.39, 0.29) is 36.3 Å². The number of rotatable bonds is 6. The minimum Gasteiger partial charge on any atom is -0.345 e. The smallest absolute Gasteiger partial charge is 0.251 e. The normalized spacial score (nSPS) is 10.4. The Morgan fingerprint density at radius 2 is 2.00 bits per heavy atom. The minimum atomic E-state index is -0.352. The van der Waals surface area contributed by atoms with Crippen LogP contribution in [0.2, 0.25) is 0 Å². The summed E-state index contributed by atoms with van der Waals surface area (Å²) in [5, 5.41) is 3.05. The van der Waals surface area contributed by atoms with Crippen LogP contribution in [-0.4, -0.2) is 32.5 Å². The molecule has 23 heavy (non-hydrogen) atoms. The van der Waals surface area contributed by atoms with E-state index in [0.29, 0.717) is 17.9 Å². The van der Waals surface area contributed by atoms with Crippen LogP contribution in [0.3, 0.4) is 0 Å². The topological polar surface area (TPSA) is 85.8 Å². The van der Waals surface area contributed by atoms with E-state index in [1.807, 2.05) is 13.8 Å². The van der Waals surface area contributed by atoms with Crippen molar-refractivity contribution in [2.45, 2.75) is 32.2 Å². The predicted octanol–water partition coefficient (Wildman–Crippen LogP) is 2.36. The lowest BCUT2D eigenvalue weighted by Crippen LogP contribution is -2.52. The van der Waals surface area contributed by atoms with Gasteiger partial charge in [-0.2, -0.15) is 0 Å². The molecule has 2 aromatic rings. The maximum Gasteiger partial charge on any atom is 0.251 e. The first-order chi connectivity index (χ1) is 10.1. The van der Waals surface area contributed by atoms with Crippen LogP contribution in [0.1, 0.15) is 37.0 Å². The number of hydrogen-bond acceptors (Lipinski definition) is 4. The summed E-state index contributed by atoms with van der Waals surface area (Å²) in [7, 11) is 0. The molecule has 0 unspecified atom stereocenters. The van der Waals surface area contributed by atoms with Gasteiger partial charge in [-0.1, -0.05) is 13.8 Å². The molecule has 8 heteroatoms. The Bertz CT molecular complexity index is 591. The monoisotopic (exact) mass is 359 g/mol. The van der Waals surface area contributed by atoms with Gasteiger partial charge >= 0.3 is 0 Å². The zero-order chi connectivity index (χ0) is 15.3. The molecule has 0 spiro atoms. The minimum absolute atomic E-state index is 0. The number of aromatic nitrogens is 3. The standard InChI is InChI=1S/C15H21N5O.2ClH/c1-3-15(4-2,10-16)19-14(21)12-5-6-18-13(9-12)20-8-7-17-11-20;;/h5-9,11H,3-4,10,16H2,1-2H3,(H,19,21);2*1H. The van der Waals surface area contributed by atoms with Crippen molar-refractivity contribution in [1.29, 1.82) is 0 Å². The summed E-state index contributed by atoms with van der Waals surface area (Å²) in [4.78, 5) is 20.7. The summed E-state index contributed by atoms with van der Waals surface area (Å²) in [5.41, 5.74) is 6.03. The van der Waals surface area contributed by atoms with Crippen LogP contribution >= 0.6 is 24.8 Å². The molecule has 1 amide bonds. The van der Waals surface area contributed by atoms with E-state index in [4.69, 9.17) is 5.73 Å². The van der Waals surface area contributed by atoms with Crippen LogP contribution in [0.15, 0.2) is 37.1 Å². The maximum atomic E-state index is 12.4. The summed E-state index contributed by atoms with van der Waals surface area (Å²) in [5.74, 6) is 0.527. The highest BCUT2D eigenvalue weighted by Crippen LogP contribution is 2.15. The van der Waals surface area contributed by atoms with E-state index < -0.39 is 0 Å². The average Bonchev–Trinajstić information content (AvgIpc) is 3.07. The average molecular weight is 360 g/mol. The first-order valence-electron chi connectivity index (χ1n) is 7.11. The van der Waals surface area contributed by atoms with E-state index in [9.17, 15) is 4.79 Å². The second kappa shape index (κ2) is 9.50. The van der Waals surface area contributed by atoms with Crippen molar-refractivity contribution in [3.63, 3.8) is 0 Å². The molecule has 3 N–H and O–H groups in total. The van der Waals surface area contributed by atoms with Gasteiger partial charge in [0.05, 0.1) is 5.54 Å². The second-order valence-corrected chi connectivity index (χ2v) is 5.02.